The van der Waals surface area contributed by atoms with Crippen molar-refractivity contribution in [3.8, 4) is 0 Å². The van der Waals surface area contributed by atoms with E-state index >= 15 is 0 Å². The fourth-order valence-corrected chi connectivity index (χ4v) is 2.82. The van der Waals surface area contributed by atoms with E-state index in [0.29, 0.717) is 6.42 Å². The van der Waals surface area contributed by atoms with Gasteiger partial charge in [-0.05, 0) is 44.2 Å². The molecule has 0 aromatic rings. The molecule has 5 heteroatoms. The van der Waals surface area contributed by atoms with Crippen molar-refractivity contribution in [2.75, 3.05) is 31.7 Å². The molecule has 0 radical (unpaired) electrons. The van der Waals surface area contributed by atoms with E-state index in [1.54, 1.807) is 0 Å². The van der Waals surface area contributed by atoms with Crippen molar-refractivity contribution in [1.29, 1.82) is 0 Å². The Morgan fingerprint density at radius 3 is 2.40 bits per heavy atom. The first-order valence-corrected chi connectivity index (χ1v) is 7.53. The van der Waals surface area contributed by atoms with Gasteiger partial charge in [0.1, 0.15) is 9.84 Å². The minimum atomic E-state index is -2.86. The molecule has 0 unspecified atom stereocenters. The normalized spacial score (nSPS) is 21.5. The van der Waals surface area contributed by atoms with Crippen LogP contribution in [0.1, 0.15) is 25.7 Å². The fraction of sp³-hybridized carbons (Fsp3) is 1.00. The largest absolute Gasteiger partial charge is 0.396 e. The summed E-state index contributed by atoms with van der Waals surface area (Å²) in [5.41, 5.74) is -0.0318. The molecule has 1 aliphatic heterocycles. The van der Waals surface area contributed by atoms with Crippen LogP contribution in [0, 0.1) is 5.41 Å². The zero-order valence-corrected chi connectivity index (χ0v) is 10.1. The lowest BCUT2D eigenvalue weighted by Crippen LogP contribution is -2.39. The van der Waals surface area contributed by atoms with Gasteiger partial charge in [0.2, 0.25) is 0 Å². The van der Waals surface area contributed by atoms with Crippen LogP contribution in [0.4, 0.5) is 0 Å². The van der Waals surface area contributed by atoms with Crippen molar-refractivity contribution in [3.05, 3.63) is 0 Å². The van der Waals surface area contributed by atoms with Crippen LogP contribution in [0.5, 0.6) is 0 Å². The Kier molecular flexibility index (Phi) is 4.55. The van der Waals surface area contributed by atoms with Crippen molar-refractivity contribution in [2.24, 2.45) is 5.41 Å². The molecule has 0 aliphatic carbocycles. The monoisotopic (exact) mass is 235 g/mol. The molecular weight excluding hydrogens is 214 g/mol. The average Bonchev–Trinajstić information content (AvgIpc) is 2.17. The third-order valence-corrected chi connectivity index (χ3v) is 4.25. The third kappa shape index (κ3) is 4.49. The summed E-state index contributed by atoms with van der Waals surface area (Å²) < 4.78 is 22.0. The van der Waals surface area contributed by atoms with E-state index in [1.165, 1.54) is 6.26 Å². The number of aliphatic hydroxyl groups excluding tert-OH is 1. The lowest BCUT2D eigenvalue weighted by atomic mass is 9.76. The summed E-state index contributed by atoms with van der Waals surface area (Å²) in [5.74, 6) is 0.238. The van der Waals surface area contributed by atoms with Crippen LogP contribution in [0.15, 0.2) is 0 Å². The molecule has 0 aromatic heterocycles. The van der Waals surface area contributed by atoms with Gasteiger partial charge in [-0.2, -0.15) is 0 Å². The minimum Gasteiger partial charge on any atom is -0.396 e. The Morgan fingerprint density at radius 2 is 1.93 bits per heavy atom. The van der Waals surface area contributed by atoms with E-state index < -0.39 is 9.84 Å². The molecule has 1 saturated heterocycles. The van der Waals surface area contributed by atoms with Crippen LogP contribution >= 0.6 is 0 Å². The van der Waals surface area contributed by atoms with E-state index in [2.05, 4.69) is 5.32 Å². The van der Waals surface area contributed by atoms with Crippen molar-refractivity contribution in [2.45, 2.75) is 25.7 Å². The molecule has 2 N–H and O–H groups in total. The quantitative estimate of drug-likeness (QED) is 0.713. The summed E-state index contributed by atoms with van der Waals surface area (Å²) in [7, 11) is -2.86. The summed E-state index contributed by atoms with van der Waals surface area (Å²) in [6.45, 7) is 2.04. The molecule has 1 fully saturated rings. The zero-order valence-electron chi connectivity index (χ0n) is 9.33. The summed E-state index contributed by atoms with van der Waals surface area (Å²) in [6, 6.07) is 0. The minimum absolute atomic E-state index is 0.0318. The Hall–Kier alpha value is -0.130. The molecule has 0 amide bonds. The van der Waals surface area contributed by atoms with Crippen LogP contribution in [0.25, 0.3) is 0 Å². The second-order valence-electron chi connectivity index (χ2n) is 4.64. The van der Waals surface area contributed by atoms with E-state index in [0.717, 1.165) is 32.4 Å². The molecule has 1 heterocycles. The number of sulfone groups is 1. The SMILES string of the molecule is CS(=O)(=O)CCCC1(CO)CCNCC1. The number of nitrogens with one attached hydrogen (secondary N) is 1. The van der Waals surface area contributed by atoms with E-state index in [1.807, 2.05) is 0 Å². The predicted molar refractivity (Wildman–Crippen MR) is 60.6 cm³/mol. The highest BCUT2D eigenvalue weighted by molar-refractivity contribution is 7.90. The first kappa shape index (κ1) is 12.9. The highest BCUT2D eigenvalue weighted by Crippen LogP contribution is 2.33. The fourth-order valence-electron chi connectivity index (χ4n) is 2.15. The summed E-state index contributed by atoms with van der Waals surface area (Å²) in [6.07, 6.45) is 4.65. The molecule has 0 saturated carbocycles. The smallest absolute Gasteiger partial charge is 0.147 e. The number of hydrogen-bond acceptors (Lipinski definition) is 4. The van der Waals surface area contributed by atoms with E-state index in [4.69, 9.17) is 0 Å². The molecule has 1 rings (SSSR count). The van der Waals surface area contributed by atoms with Gasteiger partial charge in [0, 0.05) is 18.6 Å². The maximum atomic E-state index is 11.0. The van der Waals surface area contributed by atoms with Gasteiger partial charge < -0.3 is 10.4 Å². The molecule has 0 bridgehead atoms. The number of aliphatic hydroxyl groups is 1. The molecule has 0 atom stereocenters. The molecule has 0 aromatic carbocycles. The van der Waals surface area contributed by atoms with Crippen molar-refractivity contribution in [1.82, 2.24) is 5.32 Å². The Balaban J connectivity index is 2.39. The van der Waals surface area contributed by atoms with Gasteiger partial charge in [0.05, 0.1) is 0 Å². The van der Waals surface area contributed by atoms with Gasteiger partial charge in [0.25, 0.3) is 0 Å². The van der Waals surface area contributed by atoms with E-state index in [9.17, 15) is 13.5 Å². The number of piperidine rings is 1. The lowest BCUT2D eigenvalue weighted by Gasteiger charge is -2.36. The van der Waals surface area contributed by atoms with Crippen molar-refractivity contribution < 1.29 is 13.5 Å². The lowest BCUT2D eigenvalue weighted by molar-refractivity contribution is 0.0797. The first-order valence-electron chi connectivity index (χ1n) is 5.47. The van der Waals surface area contributed by atoms with E-state index in [-0.39, 0.29) is 17.8 Å². The van der Waals surface area contributed by atoms with Gasteiger partial charge in [-0.25, -0.2) is 8.42 Å². The molecule has 0 spiro atoms. The molecule has 4 nitrogen and oxygen atoms in total. The van der Waals surface area contributed by atoms with Crippen LogP contribution in [-0.2, 0) is 9.84 Å². The first-order chi connectivity index (χ1) is 6.97. The predicted octanol–water partition coefficient (Wildman–Crippen LogP) is 0.173. The summed E-state index contributed by atoms with van der Waals surface area (Å²) in [4.78, 5) is 0. The van der Waals surface area contributed by atoms with Crippen LogP contribution in [0.2, 0.25) is 0 Å². The topological polar surface area (TPSA) is 66.4 Å². The van der Waals surface area contributed by atoms with Crippen molar-refractivity contribution >= 4 is 9.84 Å². The molecular formula is C10H21NO3S. The van der Waals surface area contributed by atoms with Gasteiger partial charge in [-0.15, -0.1) is 0 Å². The molecule has 15 heavy (non-hydrogen) atoms. The molecule has 1 aliphatic rings. The number of hydrogen-bond donors (Lipinski definition) is 2. The van der Waals surface area contributed by atoms with Gasteiger partial charge in [-0.3, -0.25) is 0 Å². The highest BCUT2D eigenvalue weighted by atomic mass is 32.2. The maximum Gasteiger partial charge on any atom is 0.147 e. The van der Waals surface area contributed by atoms with Gasteiger partial charge in [-0.1, -0.05) is 0 Å². The zero-order chi connectivity index (χ0) is 11.4. The second kappa shape index (κ2) is 5.27. The average molecular weight is 235 g/mol. The maximum absolute atomic E-state index is 11.0. The van der Waals surface area contributed by atoms with Crippen LogP contribution in [0.3, 0.4) is 0 Å². The Labute approximate surface area is 92.0 Å². The summed E-state index contributed by atoms with van der Waals surface area (Å²) in [5, 5.41) is 12.6. The van der Waals surface area contributed by atoms with Crippen molar-refractivity contribution in [3.63, 3.8) is 0 Å². The van der Waals surface area contributed by atoms with Crippen LogP contribution < -0.4 is 5.32 Å². The van der Waals surface area contributed by atoms with Gasteiger partial charge >= 0.3 is 0 Å². The number of rotatable bonds is 5. The Bertz CT molecular complexity index is 281. The second-order valence-corrected chi connectivity index (χ2v) is 6.90. The van der Waals surface area contributed by atoms with Crippen LogP contribution in [-0.4, -0.2) is 45.2 Å². The van der Waals surface area contributed by atoms with Gasteiger partial charge in [0.15, 0.2) is 0 Å². The standard InChI is InChI=1S/C10H21NO3S/c1-15(13,14)8-2-3-10(9-12)4-6-11-7-5-10/h11-12H,2-9H2,1H3. The third-order valence-electron chi connectivity index (χ3n) is 3.22. The molecule has 90 valence electrons. The Morgan fingerprint density at radius 1 is 1.33 bits per heavy atom. The summed E-state index contributed by atoms with van der Waals surface area (Å²) >= 11 is 0. The highest BCUT2D eigenvalue weighted by Gasteiger charge is 2.30.